The van der Waals surface area contributed by atoms with E-state index in [0.29, 0.717) is 20.1 Å². The molecule has 2 aromatic heterocycles. The van der Waals surface area contributed by atoms with Gasteiger partial charge in [0.25, 0.3) is 5.91 Å². The van der Waals surface area contributed by atoms with Gasteiger partial charge in [0.2, 0.25) is 0 Å². The lowest BCUT2D eigenvalue weighted by Crippen LogP contribution is -2.30. The van der Waals surface area contributed by atoms with Crippen LogP contribution in [0.5, 0.6) is 0 Å². The summed E-state index contributed by atoms with van der Waals surface area (Å²) in [5.41, 5.74) is 0. The van der Waals surface area contributed by atoms with E-state index >= 15 is 0 Å². The first kappa shape index (κ1) is 19.4. The summed E-state index contributed by atoms with van der Waals surface area (Å²) in [5.74, 6) is -1.07. The second-order valence-corrected chi connectivity index (χ2v) is 7.16. The zero-order valence-corrected chi connectivity index (χ0v) is 15.5. The number of anilines is 1. The van der Waals surface area contributed by atoms with Crippen LogP contribution in [0.1, 0.15) is 29.4 Å². The van der Waals surface area contributed by atoms with Gasteiger partial charge in [-0.3, -0.25) is 14.4 Å². The first-order valence-electron chi connectivity index (χ1n) is 7.25. The normalized spacial score (nSPS) is 11.6. The van der Waals surface area contributed by atoms with E-state index in [0.717, 1.165) is 11.3 Å². The fourth-order valence-electron chi connectivity index (χ4n) is 1.79. The van der Waals surface area contributed by atoms with Crippen molar-refractivity contribution in [3.63, 3.8) is 0 Å². The van der Waals surface area contributed by atoms with E-state index in [1.54, 1.807) is 18.2 Å². The molecule has 0 bridgehead atoms. The van der Waals surface area contributed by atoms with Gasteiger partial charge >= 0.3 is 5.97 Å². The molecule has 132 valence electrons. The van der Waals surface area contributed by atoms with Crippen LogP contribution in [-0.4, -0.2) is 28.7 Å². The Balaban J connectivity index is 1.78. The Labute approximate surface area is 158 Å². The number of thiophene rings is 1. The number of carbonyl (C=O) groups is 3. The summed E-state index contributed by atoms with van der Waals surface area (Å²) in [6, 6.07) is 6.33. The maximum Gasteiger partial charge on any atom is 0.307 e. The number of amides is 1. The third-order valence-corrected chi connectivity index (χ3v) is 4.56. The molecule has 0 fully saturated rings. The smallest absolute Gasteiger partial charge is 0.307 e. The second-order valence-electron chi connectivity index (χ2n) is 5.01. The van der Waals surface area contributed by atoms with Crippen LogP contribution in [0.4, 0.5) is 5.82 Å². The van der Waals surface area contributed by atoms with Gasteiger partial charge in [-0.1, -0.05) is 23.2 Å². The number of Topliss-reactive ketones (excluding diaryl/α,β-unsaturated/α-hetero) is 1. The van der Waals surface area contributed by atoms with Crippen molar-refractivity contribution in [1.82, 2.24) is 4.98 Å². The van der Waals surface area contributed by atoms with Gasteiger partial charge in [0, 0.05) is 12.6 Å². The number of carbonyl (C=O) groups excluding carboxylic acids is 3. The number of ketones is 1. The average molecular weight is 401 g/mol. The molecule has 6 nitrogen and oxygen atoms in total. The van der Waals surface area contributed by atoms with Crippen molar-refractivity contribution in [1.29, 1.82) is 0 Å². The minimum Gasteiger partial charge on any atom is -0.453 e. The summed E-state index contributed by atoms with van der Waals surface area (Å²) >= 11 is 12.6. The van der Waals surface area contributed by atoms with Gasteiger partial charge in [0.15, 0.2) is 11.9 Å². The topological polar surface area (TPSA) is 85.4 Å². The maximum atomic E-state index is 12.0. The van der Waals surface area contributed by atoms with Crippen LogP contribution in [0, 0.1) is 0 Å². The molecule has 0 unspecified atom stereocenters. The summed E-state index contributed by atoms with van der Waals surface area (Å²) in [6.45, 7) is 1.43. The third-order valence-electron chi connectivity index (χ3n) is 3.06. The number of ether oxygens (including phenoxy) is 1. The van der Waals surface area contributed by atoms with E-state index in [1.807, 2.05) is 0 Å². The minimum absolute atomic E-state index is 0.0112. The summed E-state index contributed by atoms with van der Waals surface area (Å²) < 4.78 is 5.53. The summed E-state index contributed by atoms with van der Waals surface area (Å²) in [4.78, 5) is 40.0. The molecular weight excluding hydrogens is 387 g/mol. The zero-order valence-electron chi connectivity index (χ0n) is 13.1. The second kappa shape index (κ2) is 8.94. The number of nitrogens with one attached hydrogen (secondary N) is 1. The molecule has 9 heteroatoms. The molecule has 0 aliphatic rings. The lowest BCUT2D eigenvalue weighted by molar-refractivity contribution is -0.153. The van der Waals surface area contributed by atoms with Crippen molar-refractivity contribution in [2.24, 2.45) is 0 Å². The molecule has 2 rings (SSSR count). The van der Waals surface area contributed by atoms with Gasteiger partial charge in [0.05, 0.1) is 20.7 Å². The highest BCUT2D eigenvalue weighted by molar-refractivity contribution is 7.18. The van der Waals surface area contributed by atoms with E-state index in [2.05, 4.69) is 10.3 Å². The first-order valence-corrected chi connectivity index (χ1v) is 8.83. The molecule has 2 heterocycles. The highest BCUT2D eigenvalue weighted by atomic mass is 35.5. The molecule has 0 saturated carbocycles. The van der Waals surface area contributed by atoms with Crippen molar-refractivity contribution < 1.29 is 19.1 Å². The fourth-order valence-corrected chi connectivity index (χ4v) is 2.91. The highest BCUT2D eigenvalue weighted by Gasteiger charge is 2.19. The third kappa shape index (κ3) is 6.12. The Morgan fingerprint density at radius 1 is 1.20 bits per heavy atom. The van der Waals surface area contributed by atoms with Crippen molar-refractivity contribution in [2.75, 3.05) is 5.32 Å². The summed E-state index contributed by atoms with van der Waals surface area (Å²) in [7, 11) is 0. The molecule has 0 radical (unpaired) electrons. The van der Waals surface area contributed by atoms with Crippen LogP contribution < -0.4 is 5.32 Å². The fraction of sp³-hybridized carbons (Fsp3) is 0.250. The molecule has 0 aliphatic heterocycles. The monoisotopic (exact) mass is 400 g/mol. The first-order chi connectivity index (χ1) is 11.8. The SMILES string of the molecule is C[C@H](OC(=O)CCC(=O)c1ccc(Cl)s1)C(=O)Nc1ccc(Cl)cn1. The van der Waals surface area contributed by atoms with E-state index in [9.17, 15) is 14.4 Å². The number of hydrogen-bond donors (Lipinski definition) is 1. The van der Waals surface area contributed by atoms with Crippen LogP contribution >= 0.6 is 34.5 Å². The van der Waals surface area contributed by atoms with Gasteiger partial charge < -0.3 is 10.1 Å². The Hall–Kier alpha value is -1.96. The van der Waals surface area contributed by atoms with Crippen molar-refractivity contribution in [3.8, 4) is 0 Å². The van der Waals surface area contributed by atoms with Crippen LogP contribution in [0.2, 0.25) is 9.36 Å². The average Bonchev–Trinajstić information content (AvgIpc) is 3.01. The van der Waals surface area contributed by atoms with Gasteiger partial charge in [-0.05, 0) is 31.2 Å². The Morgan fingerprint density at radius 2 is 1.96 bits per heavy atom. The molecule has 1 amide bonds. The van der Waals surface area contributed by atoms with E-state index in [4.69, 9.17) is 27.9 Å². The van der Waals surface area contributed by atoms with Gasteiger partial charge in [-0.25, -0.2) is 4.98 Å². The molecule has 2 aromatic rings. The maximum absolute atomic E-state index is 12.0. The molecular formula is C16H14Cl2N2O4S. The summed E-state index contributed by atoms with van der Waals surface area (Å²) in [5, 5.41) is 2.94. The number of rotatable bonds is 7. The van der Waals surface area contributed by atoms with Crippen LogP contribution in [-0.2, 0) is 14.3 Å². The number of hydrogen-bond acceptors (Lipinski definition) is 6. The Kier molecular flexibility index (Phi) is 6.92. The number of esters is 1. The van der Waals surface area contributed by atoms with Gasteiger partial charge in [-0.15, -0.1) is 11.3 Å². The lowest BCUT2D eigenvalue weighted by atomic mass is 10.2. The number of aromatic nitrogens is 1. The molecule has 0 spiro atoms. The number of pyridine rings is 1. The predicted octanol–water partition coefficient (Wildman–Crippen LogP) is 3.98. The zero-order chi connectivity index (χ0) is 18.4. The Bertz CT molecular complexity index is 777. The molecule has 1 atom stereocenters. The van der Waals surface area contributed by atoms with Crippen LogP contribution in [0.25, 0.3) is 0 Å². The van der Waals surface area contributed by atoms with Crippen molar-refractivity contribution in [2.45, 2.75) is 25.9 Å². The lowest BCUT2D eigenvalue weighted by Gasteiger charge is -2.13. The largest absolute Gasteiger partial charge is 0.453 e. The highest BCUT2D eigenvalue weighted by Crippen LogP contribution is 2.23. The quantitative estimate of drug-likeness (QED) is 0.560. The van der Waals surface area contributed by atoms with Gasteiger partial charge in [0.1, 0.15) is 5.82 Å². The molecule has 0 aliphatic carbocycles. The van der Waals surface area contributed by atoms with Crippen LogP contribution in [0.15, 0.2) is 30.5 Å². The minimum atomic E-state index is -1.02. The van der Waals surface area contributed by atoms with Gasteiger partial charge in [-0.2, -0.15) is 0 Å². The molecule has 0 saturated heterocycles. The van der Waals surface area contributed by atoms with Crippen molar-refractivity contribution in [3.05, 3.63) is 44.7 Å². The molecule has 0 aromatic carbocycles. The summed E-state index contributed by atoms with van der Waals surface area (Å²) in [6.07, 6.45) is 0.237. The van der Waals surface area contributed by atoms with Crippen LogP contribution in [0.3, 0.4) is 0 Å². The van der Waals surface area contributed by atoms with E-state index < -0.39 is 18.0 Å². The van der Waals surface area contributed by atoms with E-state index in [1.165, 1.54) is 19.2 Å². The predicted molar refractivity (Wildman–Crippen MR) is 96.3 cm³/mol. The van der Waals surface area contributed by atoms with Crippen molar-refractivity contribution >= 4 is 58.0 Å². The molecule has 1 N–H and O–H groups in total. The van der Waals surface area contributed by atoms with E-state index in [-0.39, 0.29) is 18.6 Å². The number of nitrogens with zero attached hydrogens (tertiary/aromatic N) is 1. The number of halogens is 2. The Morgan fingerprint density at radius 3 is 2.56 bits per heavy atom. The standard InChI is InChI=1S/C16H14Cl2N2O4S/c1-9(16(23)20-14-6-2-10(17)8-19-14)24-15(22)7-3-11(21)12-4-5-13(18)25-12/h2,4-6,8-9H,3,7H2,1H3,(H,19,20,23)/t9-/m0/s1. The molecule has 25 heavy (non-hydrogen) atoms.